The van der Waals surface area contributed by atoms with Gasteiger partial charge in [-0.15, -0.1) is 0 Å². The fraction of sp³-hybridized carbons (Fsp3) is 0.385. The fourth-order valence-corrected chi connectivity index (χ4v) is 1.37. The molecule has 19 heavy (non-hydrogen) atoms. The summed E-state index contributed by atoms with van der Waals surface area (Å²) in [6.07, 6.45) is 0. The first kappa shape index (κ1) is 15.0. The summed E-state index contributed by atoms with van der Waals surface area (Å²) in [6.45, 7) is 2.13. The number of hydrogen-bond acceptors (Lipinski definition) is 5. The zero-order chi connectivity index (χ0) is 14.1. The topological polar surface area (TPSA) is 76.7 Å². The van der Waals surface area contributed by atoms with Crippen molar-refractivity contribution in [3.8, 4) is 5.75 Å². The summed E-state index contributed by atoms with van der Waals surface area (Å²) in [4.78, 5) is 22.6. The van der Waals surface area contributed by atoms with Gasteiger partial charge < -0.3 is 14.8 Å². The Labute approximate surface area is 112 Å². The summed E-state index contributed by atoms with van der Waals surface area (Å²) in [5.74, 6) is 0.118. The zero-order valence-electron chi connectivity index (χ0n) is 11.1. The number of hydrogen-bond donors (Lipinski definition) is 2. The Morgan fingerprint density at radius 3 is 2.42 bits per heavy atom. The van der Waals surface area contributed by atoms with E-state index in [0.29, 0.717) is 12.3 Å². The van der Waals surface area contributed by atoms with Crippen molar-refractivity contribution >= 4 is 17.6 Å². The van der Waals surface area contributed by atoms with E-state index in [1.807, 2.05) is 0 Å². The highest BCUT2D eigenvalue weighted by Crippen LogP contribution is 2.14. The third kappa shape index (κ3) is 5.87. The number of nitrogens with one attached hydrogen (secondary N) is 2. The molecule has 0 aliphatic carbocycles. The lowest BCUT2D eigenvalue weighted by atomic mass is 10.3. The SMILES string of the molecule is CCOC(=O)CNCC(=O)Nc1ccc(OC)cc1. The molecule has 6 heteroatoms. The van der Waals surface area contributed by atoms with Crippen molar-refractivity contribution in [2.24, 2.45) is 0 Å². The molecule has 0 fully saturated rings. The van der Waals surface area contributed by atoms with E-state index in [1.54, 1.807) is 38.3 Å². The second kappa shape index (κ2) is 8.10. The lowest BCUT2D eigenvalue weighted by Crippen LogP contribution is -2.32. The van der Waals surface area contributed by atoms with Crippen molar-refractivity contribution in [2.45, 2.75) is 6.92 Å². The number of methoxy groups -OCH3 is 1. The first-order valence-corrected chi connectivity index (χ1v) is 5.96. The van der Waals surface area contributed by atoms with Gasteiger partial charge in [0.2, 0.25) is 5.91 Å². The molecule has 0 spiro atoms. The number of rotatable bonds is 7. The molecule has 0 heterocycles. The number of carbonyl (C=O) groups excluding carboxylic acids is 2. The maximum absolute atomic E-state index is 11.5. The first-order chi connectivity index (χ1) is 9.15. The van der Waals surface area contributed by atoms with Gasteiger partial charge in [-0.1, -0.05) is 0 Å². The molecule has 0 radical (unpaired) electrons. The molecule has 0 unspecified atom stereocenters. The Kier molecular flexibility index (Phi) is 6.38. The van der Waals surface area contributed by atoms with E-state index in [1.165, 1.54) is 0 Å². The van der Waals surface area contributed by atoms with E-state index in [2.05, 4.69) is 10.6 Å². The van der Waals surface area contributed by atoms with Crippen molar-refractivity contribution < 1.29 is 19.1 Å². The highest BCUT2D eigenvalue weighted by Gasteiger charge is 2.05. The van der Waals surface area contributed by atoms with Gasteiger partial charge in [0.15, 0.2) is 0 Å². The van der Waals surface area contributed by atoms with Crippen molar-refractivity contribution in [1.29, 1.82) is 0 Å². The van der Waals surface area contributed by atoms with Crippen LogP contribution in [0.5, 0.6) is 5.75 Å². The molecule has 0 atom stereocenters. The van der Waals surface area contributed by atoms with Crippen LogP contribution < -0.4 is 15.4 Å². The Balaban J connectivity index is 2.28. The maximum atomic E-state index is 11.5. The van der Waals surface area contributed by atoms with Gasteiger partial charge in [0, 0.05) is 5.69 Å². The molecule has 1 amide bonds. The normalized spacial score (nSPS) is 9.79. The van der Waals surface area contributed by atoms with Crippen LogP contribution in [-0.2, 0) is 14.3 Å². The van der Waals surface area contributed by atoms with E-state index < -0.39 is 0 Å². The number of carbonyl (C=O) groups is 2. The number of esters is 1. The minimum absolute atomic E-state index is 0.0177. The third-order valence-electron chi connectivity index (χ3n) is 2.23. The average molecular weight is 266 g/mol. The summed E-state index contributed by atoms with van der Waals surface area (Å²) in [6, 6.07) is 6.98. The van der Waals surface area contributed by atoms with Crippen LogP contribution in [0.2, 0.25) is 0 Å². The van der Waals surface area contributed by atoms with Crippen LogP contribution in [0.25, 0.3) is 0 Å². The second-order valence-electron chi connectivity index (χ2n) is 3.69. The summed E-state index contributed by atoms with van der Waals surface area (Å²) in [5.41, 5.74) is 0.670. The average Bonchev–Trinajstić information content (AvgIpc) is 2.40. The van der Waals surface area contributed by atoms with Gasteiger partial charge in [-0.2, -0.15) is 0 Å². The van der Waals surface area contributed by atoms with E-state index >= 15 is 0 Å². The number of amides is 1. The second-order valence-corrected chi connectivity index (χ2v) is 3.69. The Morgan fingerprint density at radius 1 is 1.16 bits per heavy atom. The van der Waals surface area contributed by atoms with Crippen LogP contribution in [0.3, 0.4) is 0 Å². The largest absolute Gasteiger partial charge is 0.497 e. The molecule has 1 rings (SSSR count). The smallest absolute Gasteiger partial charge is 0.319 e. The number of benzene rings is 1. The van der Waals surface area contributed by atoms with Gasteiger partial charge >= 0.3 is 5.97 Å². The lowest BCUT2D eigenvalue weighted by molar-refractivity contribution is -0.141. The summed E-state index contributed by atoms with van der Waals surface area (Å²) < 4.78 is 9.73. The van der Waals surface area contributed by atoms with Crippen molar-refractivity contribution in [2.75, 3.05) is 32.1 Å². The molecule has 0 bridgehead atoms. The molecular formula is C13H18N2O4. The van der Waals surface area contributed by atoms with Gasteiger partial charge in [0.25, 0.3) is 0 Å². The third-order valence-corrected chi connectivity index (χ3v) is 2.23. The van der Waals surface area contributed by atoms with Gasteiger partial charge in [-0.3, -0.25) is 14.9 Å². The Bertz CT molecular complexity index is 417. The monoisotopic (exact) mass is 266 g/mol. The molecule has 0 aliphatic rings. The predicted molar refractivity (Wildman–Crippen MR) is 71.1 cm³/mol. The molecule has 1 aromatic carbocycles. The summed E-state index contributed by atoms with van der Waals surface area (Å²) in [7, 11) is 1.58. The quantitative estimate of drug-likeness (QED) is 0.713. The van der Waals surface area contributed by atoms with Crippen LogP contribution in [0.4, 0.5) is 5.69 Å². The minimum Gasteiger partial charge on any atom is -0.497 e. The summed E-state index contributed by atoms with van der Waals surface area (Å²) in [5, 5.41) is 5.39. The van der Waals surface area contributed by atoms with Crippen molar-refractivity contribution in [1.82, 2.24) is 5.32 Å². The van der Waals surface area contributed by atoms with E-state index in [0.717, 1.165) is 5.75 Å². The molecule has 1 aromatic rings. The van der Waals surface area contributed by atoms with Crippen LogP contribution in [0, 0.1) is 0 Å². The number of ether oxygens (including phenoxy) is 2. The standard InChI is InChI=1S/C13H18N2O4/c1-3-19-13(17)9-14-8-12(16)15-10-4-6-11(18-2)7-5-10/h4-7,14H,3,8-9H2,1-2H3,(H,15,16). The van der Waals surface area contributed by atoms with E-state index in [-0.39, 0.29) is 25.0 Å². The van der Waals surface area contributed by atoms with Crippen molar-refractivity contribution in [3.05, 3.63) is 24.3 Å². The molecule has 104 valence electrons. The van der Waals surface area contributed by atoms with Gasteiger partial charge in [-0.25, -0.2) is 0 Å². The van der Waals surface area contributed by atoms with Gasteiger partial charge in [0.1, 0.15) is 5.75 Å². The molecule has 6 nitrogen and oxygen atoms in total. The Hall–Kier alpha value is -2.08. The van der Waals surface area contributed by atoms with Crippen LogP contribution in [0.1, 0.15) is 6.92 Å². The fourth-order valence-electron chi connectivity index (χ4n) is 1.37. The maximum Gasteiger partial charge on any atom is 0.319 e. The lowest BCUT2D eigenvalue weighted by Gasteiger charge is -2.07. The molecular weight excluding hydrogens is 248 g/mol. The van der Waals surface area contributed by atoms with E-state index in [4.69, 9.17) is 9.47 Å². The minimum atomic E-state index is -0.375. The number of anilines is 1. The highest BCUT2D eigenvalue weighted by atomic mass is 16.5. The van der Waals surface area contributed by atoms with Crippen LogP contribution in [-0.4, -0.2) is 38.7 Å². The first-order valence-electron chi connectivity index (χ1n) is 5.96. The molecule has 0 saturated heterocycles. The van der Waals surface area contributed by atoms with Crippen LogP contribution >= 0.6 is 0 Å². The zero-order valence-corrected chi connectivity index (χ0v) is 11.1. The molecule has 0 saturated carbocycles. The van der Waals surface area contributed by atoms with Crippen molar-refractivity contribution in [3.63, 3.8) is 0 Å². The van der Waals surface area contributed by atoms with E-state index in [9.17, 15) is 9.59 Å². The Morgan fingerprint density at radius 2 is 1.84 bits per heavy atom. The van der Waals surface area contributed by atoms with Gasteiger partial charge in [0.05, 0.1) is 26.8 Å². The summed E-state index contributed by atoms with van der Waals surface area (Å²) >= 11 is 0. The highest BCUT2D eigenvalue weighted by molar-refractivity contribution is 5.92. The van der Waals surface area contributed by atoms with Crippen LogP contribution in [0.15, 0.2) is 24.3 Å². The predicted octanol–water partition coefficient (Wildman–Crippen LogP) is 0.786. The molecule has 0 aromatic heterocycles. The van der Waals surface area contributed by atoms with Gasteiger partial charge in [-0.05, 0) is 31.2 Å². The molecule has 0 aliphatic heterocycles. The molecule has 2 N–H and O–H groups in total.